The van der Waals surface area contributed by atoms with Crippen molar-refractivity contribution >= 4 is 27.7 Å². The molecule has 0 bridgehead atoms. The van der Waals surface area contributed by atoms with Crippen LogP contribution >= 0.6 is 27.7 Å². The molecule has 0 saturated heterocycles. The van der Waals surface area contributed by atoms with E-state index in [2.05, 4.69) is 20.9 Å². The lowest BCUT2D eigenvalue weighted by atomic mass is 10.0. The van der Waals surface area contributed by atoms with Crippen molar-refractivity contribution in [3.8, 4) is 0 Å². The van der Waals surface area contributed by atoms with Gasteiger partial charge in [0.2, 0.25) is 0 Å². The Hall–Kier alpha value is -0.530. The van der Waals surface area contributed by atoms with E-state index in [9.17, 15) is 9.59 Å². The van der Waals surface area contributed by atoms with E-state index in [1.54, 1.807) is 18.7 Å². The average molecular weight is 363 g/mol. The van der Waals surface area contributed by atoms with E-state index in [1.165, 1.54) is 23.8 Å². The van der Waals surface area contributed by atoms with E-state index >= 15 is 0 Å². The number of thioether (sulfide) groups is 1. The molecule has 1 aromatic rings. The Morgan fingerprint density at radius 1 is 1.35 bits per heavy atom. The summed E-state index contributed by atoms with van der Waals surface area (Å²) in [6, 6.07) is 0. The fraction of sp³-hybridized carbons (Fsp3) is 0.692. The lowest BCUT2D eigenvalue weighted by Crippen LogP contribution is -2.34. The highest BCUT2D eigenvalue weighted by Gasteiger charge is 2.19. The summed E-state index contributed by atoms with van der Waals surface area (Å²) in [5.41, 5.74) is 0.243. The molecule has 0 radical (unpaired) electrons. The Kier molecular flexibility index (Phi) is 5.92. The quantitative estimate of drug-likeness (QED) is 0.645. The molecule has 1 heterocycles. The molecule has 112 valence electrons. The molecule has 1 N–H and O–H groups in total. The van der Waals surface area contributed by atoms with Crippen molar-refractivity contribution in [2.75, 3.05) is 5.52 Å². The molecule has 0 unspecified atom stereocenters. The predicted octanol–water partition coefficient (Wildman–Crippen LogP) is 2.60. The van der Waals surface area contributed by atoms with E-state index in [4.69, 9.17) is 4.74 Å². The Morgan fingerprint density at radius 3 is 2.70 bits per heavy atom. The minimum Gasteiger partial charge on any atom is -0.349 e. The predicted molar refractivity (Wildman–Crippen MR) is 83.7 cm³/mol. The van der Waals surface area contributed by atoms with Gasteiger partial charge in [-0.15, -0.1) is 11.8 Å². The van der Waals surface area contributed by atoms with Crippen LogP contribution in [0, 0.1) is 6.92 Å². The molecule has 0 aliphatic heterocycles. The maximum atomic E-state index is 12.0. The van der Waals surface area contributed by atoms with Crippen LogP contribution in [0.15, 0.2) is 14.6 Å². The van der Waals surface area contributed by atoms with Crippen LogP contribution in [0.3, 0.4) is 0 Å². The van der Waals surface area contributed by atoms with Crippen LogP contribution in [0.5, 0.6) is 0 Å². The summed E-state index contributed by atoms with van der Waals surface area (Å²) in [6.45, 7) is 1.91. The summed E-state index contributed by atoms with van der Waals surface area (Å²) in [4.78, 5) is 26.1. The number of alkyl halides is 1. The molecule has 20 heavy (non-hydrogen) atoms. The number of aromatic amines is 1. The Bertz CT molecular complexity index is 564. The van der Waals surface area contributed by atoms with Gasteiger partial charge in [-0.1, -0.05) is 35.2 Å². The smallest absolute Gasteiger partial charge is 0.331 e. The number of hydrogen-bond donors (Lipinski definition) is 1. The van der Waals surface area contributed by atoms with Crippen molar-refractivity contribution in [1.29, 1.82) is 0 Å². The number of halogens is 1. The summed E-state index contributed by atoms with van der Waals surface area (Å²) >= 11 is 4.82. The summed E-state index contributed by atoms with van der Waals surface area (Å²) < 4.78 is 6.78. The van der Waals surface area contributed by atoms with Gasteiger partial charge < -0.3 is 4.74 Å². The van der Waals surface area contributed by atoms with Crippen molar-refractivity contribution in [3.63, 3.8) is 0 Å². The molecule has 2 rings (SSSR count). The standard InChI is InChI=1S/C13H19BrN2O3S/c1-9-11(17)15-13(18)16(8-19-7-14)12(9)20-10-5-3-2-4-6-10/h10H,2-8H2,1H3,(H,15,17,18). The second-order valence-electron chi connectivity index (χ2n) is 4.94. The number of ether oxygens (including phenoxy) is 1. The van der Waals surface area contributed by atoms with Gasteiger partial charge in [0.25, 0.3) is 5.56 Å². The second-order valence-corrected chi connectivity index (χ2v) is 6.68. The SMILES string of the molecule is Cc1c(SC2CCCCC2)n(COCBr)c(=O)[nH]c1=O. The minimum absolute atomic E-state index is 0.150. The third-order valence-corrected chi connectivity index (χ3v) is 5.38. The van der Waals surface area contributed by atoms with Crippen LogP contribution in [0.1, 0.15) is 37.7 Å². The van der Waals surface area contributed by atoms with Gasteiger partial charge in [0.15, 0.2) is 0 Å². The molecule has 1 fully saturated rings. The van der Waals surface area contributed by atoms with Crippen molar-refractivity contribution in [2.45, 2.75) is 56.0 Å². The van der Waals surface area contributed by atoms with Gasteiger partial charge in [-0.2, -0.15) is 0 Å². The highest BCUT2D eigenvalue weighted by atomic mass is 79.9. The topological polar surface area (TPSA) is 64.1 Å². The normalized spacial score (nSPS) is 16.5. The number of aromatic nitrogens is 2. The van der Waals surface area contributed by atoms with Gasteiger partial charge in [0.1, 0.15) is 12.2 Å². The molecular formula is C13H19BrN2O3S. The average Bonchev–Trinajstić information content (AvgIpc) is 2.45. The fourth-order valence-corrected chi connectivity index (χ4v) is 3.95. The van der Waals surface area contributed by atoms with E-state index in [-0.39, 0.29) is 12.3 Å². The highest BCUT2D eigenvalue weighted by Crippen LogP contribution is 2.33. The van der Waals surface area contributed by atoms with Crippen molar-refractivity contribution in [3.05, 3.63) is 26.4 Å². The molecule has 1 aromatic heterocycles. The molecule has 1 aliphatic rings. The van der Waals surface area contributed by atoms with Crippen LogP contribution < -0.4 is 11.2 Å². The van der Waals surface area contributed by atoms with Crippen molar-refractivity contribution in [2.24, 2.45) is 0 Å². The van der Waals surface area contributed by atoms with Gasteiger partial charge in [-0.05, 0) is 19.8 Å². The number of hydrogen-bond acceptors (Lipinski definition) is 4. The largest absolute Gasteiger partial charge is 0.349 e. The van der Waals surface area contributed by atoms with Crippen LogP contribution in [-0.4, -0.2) is 20.3 Å². The first-order valence-electron chi connectivity index (χ1n) is 6.77. The van der Waals surface area contributed by atoms with E-state index in [0.717, 1.165) is 17.9 Å². The fourth-order valence-electron chi connectivity index (χ4n) is 2.39. The highest BCUT2D eigenvalue weighted by molar-refractivity contribution is 9.09. The molecule has 0 spiro atoms. The van der Waals surface area contributed by atoms with E-state index in [0.29, 0.717) is 16.3 Å². The van der Waals surface area contributed by atoms with Crippen LogP contribution in [-0.2, 0) is 11.5 Å². The lowest BCUT2D eigenvalue weighted by Gasteiger charge is -2.23. The van der Waals surface area contributed by atoms with Crippen LogP contribution in [0.25, 0.3) is 0 Å². The van der Waals surface area contributed by atoms with Crippen LogP contribution in [0.2, 0.25) is 0 Å². The van der Waals surface area contributed by atoms with Crippen LogP contribution in [0.4, 0.5) is 0 Å². The van der Waals surface area contributed by atoms with Gasteiger partial charge in [-0.25, -0.2) is 4.79 Å². The zero-order valence-electron chi connectivity index (χ0n) is 11.5. The number of nitrogens with one attached hydrogen (secondary N) is 1. The Morgan fingerprint density at radius 2 is 2.05 bits per heavy atom. The second kappa shape index (κ2) is 7.47. The summed E-state index contributed by atoms with van der Waals surface area (Å²) in [7, 11) is 0. The maximum Gasteiger partial charge on any atom is 0.331 e. The van der Waals surface area contributed by atoms with Crippen molar-refractivity contribution in [1.82, 2.24) is 9.55 Å². The first kappa shape index (κ1) is 15.9. The minimum atomic E-state index is -0.403. The van der Waals surface area contributed by atoms with Gasteiger partial charge in [0.05, 0.1) is 5.03 Å². The lowest BCUT2D eigenvalue weighted by molar-refractivity contribution is 0.109. The summed E-state index contributed by atoms with van der Waals surface area (Å²) in [5, 5.41) is 1.23. The number of H-pyrrole nitrogens is 1. The first-order valence-corrected chi connectivity index (χ1v) is 8.77. The molecule has 0 amide bonds. The first-order chi connectivity index (χ1) is 9.63. The summed E-state index contributed by atoms with van der Waals surface area (Å²) in [5.74, 6) is 0. The molecule has 0 aromatic carbocycles. The van der Waals surface area contributed by atoms with Gasteiger partial charge >= 0.3 is 5.69 Å². The molecule has 7 heteroatoms. The van der Waals surface area contributed by atoms with Crippen molar-refractivity contribution < 1.29 is 4.74 Å². The van der Waals surface area contributed by atoms with Gasteiger partial charge in [-0.3, -0.25) is 14.3 Å². The molecule has 1 aliphatic carbocycles. The zero-order chi connectivity index (χ0) is 14.5. The molecule has 5 nitrogen and oxygen atoms in total. The Labute approximate surface area is 130 Å². The van der Waals surface area contributed by atoms with Gasteiger partial charge in [0, 0.05) is 10.8 Å². The number of nitrogens with zero attached hydrogens (tertiary/aromatic N) is 1. The molecule has 0 atom stereocenters. The maximum absolute atomic E-state index is 12.0. The van der Waals surface area contributed by atoms with E-state index < -0.39 is 5.69 Å². The van der Waals surface area contributed by atoms with E-state index in [1.807, 2.05) is 0 Å². The molecular weight excluding hydrogens is 344 g/mol. The third kappa shape index (κ3) is 3.77. The zero-order valence-corrected chi connectivity index (χ0v) is 13.9. The monoisotopic (exact) mass is 362 g/mol. The number of rotatable bonds is 5. The summed E-state index contributed by atoms with van der Waals surface area (Å²) in [6.07, 6.45) is 6.02. The Balaban J connectivity index is 2.32. The molecule has 1 saturated carbocycles. The third-order valence-electron chi connectivity index (χ3n) is 3.50.